The van der Waals surface area contributed by atoms with E-state index in [4.69, 9.17) is 5.11 Å². The fraction of sp³-hybridized carbons (Fsp3) is 0.846. The summed E-state index contributed by atoms with van der Waals surface area (Å²) in [6, 6.07) is 0.350. The van der Waals surface area contributed by atoms with Gasteiger partial charge >= 0.3 is 5.97 Å². The van der Waals surface area contributed by atoms with E-state index in [1.807, 2.05) is 0 Å². The molecule has 0 aromatic heterocycles. The number of carbonyl (C=O) groups is 2. The van der Waals surface area contributed by atoms with Crippen molar-refractivity contribution in [3.05, 3.63) is 0 Å². The molecule has 2 aliphatic rings. The van der Waals surface area contributed by atoms with Gasteiger partial charge in [-0.2, -0.15) is 0 Å². The molecule has 0 bridgehead atoms. The van der Waals surface area contributed by atoms with Crippen LogP contribution in [0, 0.1) is 5.92 Å². The van der Waals surface area contributed by atoms with Crippen LogP contribution in [0.2, 0.25) is 0 Å². The maximum atomic E-state index is 12.2. The first kappa shape index (κ1) is 13.3. The maximum absolute atomic E-state index is 12.2. The van der Waals surface area contributed by atoms with Crippen molar-refractivity contribution in [2.24, 2.45) is 5.92 Å². The van der Waals surface area contributed by atoms with Gasteiger partial charge in [0.25, 0.3) is 0 Å². The fourth-order valence-electron chi connectivity index (χ4n) is 2.97. The second-order valence-corrected chi connectivity index (χ2v) is 5.50. The van der Waals surface area contributed by atoms with E-state index in [0.717, 1.165) is 32.4 Å². The normalized spacial score (nSPS) is 29.5. The Bertz CT molecular complexity index is 332. The van der Waals surface area contributed by atoms with E-state index in [9.17, 15) is 9.59 Å². The number of piperidine rings is 1. The van der Waals surface area contributed by atoms with Crippen LogP contribution in [0.5, 0.6) is 0 Å². The molecule has 0 spiro atoms. The van der Waals surface area contributed by atoms with Crippen molar-refractivity contribution in [3.8, 4) is 0 Å². The van der Waals surface area contributed by atoms with Crippen molar-refractivity contribution in [1.29, 1.82) is 0 Å². The highest BCUT2D eigenvalue weighted by molar-refractivity contribution is 5.78. The summed E-state index contributed by atoms with van der Waals surface area (Å²) < 4.78 is 0. The molecule has 5 nitrogen and oxygen atoms in total. The van der Waals surface area contributed by atoms with Gasteiger partial charge in [0.05, 0.1) is 5.92 Å². The summed E-state index contributed by atoms with van der Waals surface area (Å²) in [6.07, 6.45) is 4.29. The van der Waals surface area contributed by atoms with Crippen LogP contribution in [0.4, 0.5) is 0 Å². The average Bonchev–Trinajstić information content (AvgIpc) is 2.75. The number of carbonyl (C=O) groups excluding carboxylic acids is 1. The molecule has 2 aliphatic heterocycles. The van der Waals surface area contributed by atoms with Gasteiger partial charge in [-0.3, -0.25) is 9.59 Å². The molecule has 1 amide bonds. The molecule has 102 valence electrons. The molecule has 1 N–H and O–H groups in total. The lowest BCUT2D eigenvalue weighted by atomic mass is 9.97. The van der Waals surface area contributed by atoms with Gasteiger partial charge in [-0.25, -0.2) is 0 Å². The molecule has 2 saturated heterocycles. The number of amides is 1. The SMILES string of the molecule is CN1CCC[C@H]1CC(=O)N1CCCC(C(=O)O)C1. The van der Waals surface area contributed by atoms with Crippen LogP contribution in [0.3, 0.4) is 0 Å². The average molecular weight is 254 g/mol. The van der Waals surface area contributed by atoms with E-state index in [-0.39, 0.29) is 11.8 Å². The number of likely N-dealkylation sites (tertiary alicyclic amines) is 2. The summed E-state index contributed by atoms with van der Waals surface area (Å²) >= 11 is 0. The first-order chi connectivity index (χ1) is 8.58. The highest BCUT2D eigenvalue weighted by atomic mass is 16.4. The second kappa shape index (κ2) is 5.69. The highest BCUT2D eigenvalue weighted by Gasteiger charge is 2.30. The molecule has 5 heteroatoms. The van der Waals surface area contributed by atoms with Crippen molar-refractivity contribution in [2.45, 2.75) is 38.1 Å². The molecule has 2 fully saturated rings. The van der Waals surface area contributed by atoms with Gasteiger partial charge in [-0.1, -0.05) is 0 Å². The van der Waals surface area contributed by atoms with Crippen LogP contribution in [-0.4, -0.2) is 59.5 Å². The van der Waals surface area contributed by atoms with Crippen molar-refractivity contribution >= 4 is 11.9 Å². The van der Waals surface area contributed by atoms with E-state index < -0.39 is 5.97 Å². The maximum Gasteiger partial charge on any atom is 0.308 e. The minimum absolute atomic E-state index is 0.125. The molecule has 0 saturated carbocycles. The van der Waals surface area contributed by atoms with Gasteiger partial charge in [0.2, 0.25) is 5.91 Å². The summed E-state index contributed by atoms with van der Waals surface area (Å²) in [7, 11) is 2.06. The van der Waals surface area contributed by atoms with Crippen molar-refractivity contribution in [3.63, 3.8) is 0 Å². The molecule has 0 aromatic carbocycles. The topological polar surface area (TPSA) is 60.9 Å². The zero-order chi connectivity index (χ0) is 13.1. The van der Waals surface area contributed by atoms with Crippen LogP contribution in [-0.2, 0) is 9.59 Å². The first-order valence-electron chi connectivity index (χ1n) is 6.78. The molecule has 0 aromatic rings. The second-order valence-electron chi connectivity index (χ2n) is 5.50. The van der Waals surface area contributed by atoms with Gasteiger partial charge in [0, 0.05) is 25.6 Å². The van der Waals surface area contributed by atoms with E-state index in [1.165, 1.54) is 0 Å². The van der Waals surface area contributed by atoms with Crippen molar-refractivity contribution in [1.82, 2.24) is 9.80 Å². The Balaban J connectivity index is 1.86. The predicted octanol–water partition coefficient (Wildman–Crippen LogP) is 0.794. The summed E-state index contributed by atoms with van der Waals surface area (Å²) in [6.45, 7) is 2.18. The third-order valence-corrected chi connectivity index (χ3v) is 4.21. The minimum atomic E-state index is -0.773. The number of carboxylic acids is 1. The van der Waals surface area contributed by atoms with Crippen LogP contribution >= 0.6 is 0 Å². The Morgan fingerprint density at radius 1 is 1.22 bits per heavy atom. The fourth-order valence-corrected chi connectivity index (χ4v) is 2.97. The summed E-state index contributed by atoms with van der Waals surface area (Å²) in [5, 5.41) is 9.02. The summed E-state index contributed by atoms with van der Waals surface area (Å²) in [5.74, 6) is -1.02. The van der Waals surface area contributed by atoms with Crippen LogP contribution in [0.1, 0.15) is 32.1 Å². The summed E-state index contributed by atoms with van der Waals surface area (Å²) in [4.78, 5) is 27.1. The standard InChI is InChI=1S/C13H22N2O3/c1-14-6-3-5-11(14)8-12(16)15-7-2-4-10(9-15)13(17)18/h10-11H,2-9H2,1H3,(H,17,18)/t10?,11-/m0/s1. The number of hydrogen-bond donors (Lipinski definition) is 1. The van der Waals surface area contributed by atoms with Crippen LogP contribution in [0.25, 0.3) is 0 Å². The zero-order valence-electron chi connectivity index (χ0n) is 11.0. The van der Waals surface area contributed by atoms with E-state index in [1.54, 1.807) is 4.90 Å². The Morgan fingerprint density at radius 2 is 1.94 bits per heavy atom. The molecular formula is C13H22N2O3. The van der Waals surface area contributed by atoms with Crippen LogP contribution in [0.15, 0.2) is 0 Å². The smallest absolute Gasteiger partial charge is 0.308 e. The lowest BCUT2D eigenvalue weighted by molar-refractivity contribution is -0.145. The molecule has 1 unspecified atom stereocenters. The molecule has 0 aliphatic carbocycles. The zero-order valence-corrected chi connectivity index (χ0v) is 11.0. The number of nitrogens with zero attached hydrogens (tertiary/aromatic N) is 2. The van der Waals surface area contributed by atoms with Gasteiger partial charge < -0.3 is 14.9 Å². The first-order valence-corrected chi connectivity index (χ1v) is 6.78. The lowest BCUT2D eigenvalue weighted by Gasteiger charge is -2.32. The Hall–Kier alpha value is -1.10. The van der Waals surface area contributed by atoms with E-state index in [0.29, 0.717) is 25.4 Å². The lowest BCUT2D eigenvalue weighted by Crippen LogP contribution is -2.44. The Kier molecular flexibility index (Phi) is 4.22. The Labute approximate surface area is 108 Å². The third-order valence-electron chi connectivity index (χ3n) is 4.21. The van der Waals surface area contributed by atoms with Gasteiger partial charge in [0.15, 0.2) is 0 Å². The Morgan fingerprint density at radius 3 is 2.56 bits per heavy atom. The van der Waals surface area contributed by atoms with E-state index in [2.05, 4.69) is 11.9 Å². The van der Waals surface area contributed by atoms with Gasteiger partial charge in [-0.15, -0.1) is 0 Å². The summed E-state index contributed by atoms with van der Waals surface area (Å²) in [5.41, 5.74) is 0. The third kappa shape index (κ3) is 3.02. The van der Waals surface area contributed by atoms with Gasteiger partial charge in [-0.05, 0) is 39.3 Å². The number of carboxylic acid groups (broad SMARTS) is 1. The molecule has 18 heavy (non-hydrogen) atoms. The number of hydrogen-bond acceptors (Lipinski definition) is 3. The molecular weight excluding hydrogens is 232 g/mol. The molecule has 0 radical (unpaired) electrons. The van der Waals surface area contributed by atoms with Crippen LogP contribution < -0.4 is 0 Å². The highest BCUT2D eigenvalue weighted by Crippen LogP contribution is 2.22. The molecule has 2 heterocycles. The van der Waals surface area contributed by atoms with Crippen molar-refractivity contribution < 1.29 is 14.7 Å². The molecule has 2 atom stereocenters. The number of rotatable bonds is 3. The number of aliphatic carboxylic acids is 1. The monoisotopic (exact) mass is 254 g/mol. The largest absolute Gasteiger partial charge is 0.481 e. The predicted molar refractivity (Wildman–Crippen MR) is 67.2 cm³/mol. The van der Waals surface area contributed by atoms with Gasteiger partial charge in [0.1, 0.15) is 0 Å². The minimum Gasteiger partial charge on any atom is -0.481 e. The van der Waals surface area contributed by atoms with E-state index >= 15 is 0 Å². The quantitative estimate of drug-likeness (QED) is 0.809. The van der Waals surface area contributed by atoms with Crippen molar-refractivity contribution in [2.75, 3.05) is 26.7 Å². The molecule has 2 rings (SSSR count).